The molecule has 0 aliphatic carbocycles. The lowest BCUT2D eigenvalue weighted by Crippen LogP contribution is -2.38. The number of fused-ring (bicyclic) bond motifs is 2. The zero-order chi connectivity index (χ0) is 20.9. The third kappa shape index (κ3) is 2.69. The molecule has 4 aromatic rings. The van der Waals surface area contributed by atoms with Crippen LogP contribution in [0.15, 0.2) is 93.5 Å². The van der Waals surface area contributed by atoms with Gasteiger partial charge in [-0.2, -0.15) is 0 Å². The molecule has 0 atom stereocenters. The molecule has 0 saturated heterocycles. The van der Waals surface area contributed by atoms with Crippen molar-refractivity contribution >= 4 is 32.4 Å². The molecule has 0 fully saturated rings. The van der Waals surface area contributed by atoms with Gasteiger partial charge < -0.3 is 5.11 Å². The van der Waals surface area contributed by atoms with E-state index in [1.54, 1.807) is 66.7 Å². The summed E-state index contributed by atoms with van der Waals surface area (Å²) < 4.78 is 29.2. The van der Waals surface area contributed by atoms with Gasteiger partial charge in [0, 0.05) is 11.1 Å². The van der Waals surface area contributed by atoms with Crippen molar-refractivity contribution in [3.05, 3.63) is 94.8 Å². The quantitative estimate of drug-likeness (QED) is 0.523. The van der Waals surface area contributed by atoms with Crippen LogP contribution in [0.5, 0.6) is 5.75 Å². The molecule has 1 aliphatic rings. The molecular weight excluding hydrogens is 402 g/mol. The number of hydrogen-bond donors (Lipinski definition) is 2. The van der Waals surface area contributed by atoms with Crippen LogP contribution in [0.4, 0.5) is 5.69 Å². The first-order chi connectivity index (χ1) is 14.5. The number of sulfonamides is 1. The second-order valence-corrected chi connectivity index (χ2v) is 8.40. The molecule has 0 saturated carbocycles. The van der Waals surface area contributed by atoms with Gasteiger partial charge in [-0.25, -0.2) is 13.4 Å². The predicted molar refractivity (Wildman–Crippen MR) is 114 cm³/mol. The van der Waals surface area contributed by atoms with E-state index in [-0.39, 0.29) is 27.7 Å². The lowest BCUT2D eigenvalue weighted by molar-refractivity contribution is 0.478. The maximum atomic E-state index is 13.5. The fourth-order valence-corrected chi connectivity index (χ4v) is 4.74. The van der Waals surface area contributed by atoms with Crippen molar-refractivity contribution in [2.45, 2.75) is 4.90 Å². The highest BCUT2D eigenvalue weighted by Crippen LogP contribution is 2.32. The van der Waals surface area contributed by atoms with Crippen LogP contribution in [0.1, 0.15) is 5.56 Å². The predicted octanol–water partition coefficient (Wildman–Crippen LogP) is 3.07. The Bertz CT molecular complexity index is 1510. The molecule has 1 aromatic heterocycles. The zero-order valence-electron chi connectivity index (χ0n) is 15.5. The first-order valence-corrected chi connectivity index (χ1v) is 10.6. The van der Waals surface area contributed by atoms with Gasteiger partial charge in [0.1, 0.15) is 16.2 Å². The SMILES string of the molecule is O=c1c(C2=Nc3ccccc3S(=O)(=O)N2)c(O)c2ccccc2n1-c1ccccc1. The largest absolute Gasteiger partial charge is 0.506 e. The molecule has 0 amide bonds. The van der Waals surface area contributed by atoms with E-state index in [1.165, 1.54) is 10.6 Å². The number of benzene rings is 3. The van der Waals surface area contributed by atoms with E-state index in [0.717, 1.165) is 0 Å². The summed E-state index contributed by atoms with van der Waals surface area (Å²) in [6.07, 6.45) is 0. The standard InChI is InChI=1S/C22H15N3O4S/c26-20-15-10-4-6-12-17(15)25(14-8-2-1-3-9-14)22(27)19(20)21-23-16-11-5-7-13-18(16)30(28,29)24-21/h1-13,26H,(H,23,24). The number of aromatic hydroxyl groups is 1. The number of aliphatic imine (C=N–C) groups is 1. The Morgan fingerprint density at radius 1 is 0.867 bits per heavy atom. The molecule has 30 heavy (non-hydrogen) atoms. The number of rotatable bonds is 2. The third-order valence-electron chi connectivity index (χ3n) is 4.92. The zero-order valence-corrected chi connectivity index (χ0v) is 16.3. The van der Waals surface area contributed by atoms with Gasteiger partial charge in [-0.05, 0) is 36.4 Å². The van der Waals surface area contributed by atoms with Gasteiger partial charge in [0.15, 0.2) is 5.84 Å². The highest BCUT2D eigenvalue weighted by molar-refractivity contribution is 7.90. The van der Waals surface area contributed by atoms with Crippen molar-refractivity contribution in [2.75, 3.05) is 0 Å². The monoisotopic (exact) mass is 417 g/mol. The summed E-state index contributed by atoms with van der Waals surface area (Å²) in [5.74, 6) is -0.546. The number of para-hydroxylation sites is 3. The third-order valence-corrected chi connectivity index (χ3v) is 6.31. The smallest absolute Gasteiger partial charge is 0.270 e. The number of pyridine rings is 1. The van der Waals surface area contributed by atoms with Crippen LogP contribution in [0, 0.1) is 0 Å². The Kier molecular flexibility index (Phi) is 3.97. The average Bonchev–Trinajstić information content (AvgIpc) is 2.74. The van der Waals surface area contributed by atoms with Gasteiger partial charge in [0.2, 0.25) is 0 Å². The Morgan fingerprint density at radius 2 is 1.53 bits per heavy atom. The normalized spacial score (nSPS) is 14.6. The van der Waals surface area contributed by atoms with Crippen LogP contribution in [0.25, 0.3) is 16.6 Å². The highest BCUT2D eigenvalue weighted by Gasteiger charge is 2.30. The van der Waals surface area contributed by atoms with Crippen LogP contribution < -0.4 is 10.3 Å². The molecule has 7 nitrogen and oxygen atoms in total. The Balaban J connectivity index is 1.88. The van der Waals surface area contributed by atoms with E-state index in [9.17, 15) is 18.3 Å². The van der Waals surface area contributed by atoms with Gasteiger partial charge in [-0.15, -0.1) is 0 Å². The summed E-state index contributed by atoms with van der Waals surface area (Å²) >= 11 is 0. The van der Waals surface area contributed by atoms with E-state index in [0.29, 0.717) is 16.6 Å². The number of hydrogen-bond acceptors (Lipinski definition) is 5. The molecule has 3 aromatic carbocycles. The highest BCUT2D eigenvalue weighted by atomic mass is 32.2. The topological polar surface area (TPSA) is 101 Å². The minimum absolute atomic E-state index is 0.0115. The van der Waals surface area contributed by atoms with Gasteiger partial charge in [0.05, 0.1) is 11.2 Å². The Labute approximate surface area is 171 Å². The van der Waals surface area contributed by atoms with Crippen molar-refractivity contribution in [3.8, 4) is 11.4 Å². The fourth-order valence-electron chi connectivity index (χ4n) is 3.58. The number of nitrogens with zero attached hydrogens (tertiary/aromatic N) is 2. The molecule has 8 heteroatoms. The maximum absolute atomic E-state index is 13.5. The average molecular weight is 417 g/mol. The molecule has 5 rings (SSSR count). The second-order valence-electron chi connectivity index (χ2n) is 6.75. The molecule has 2 heterocycles. The van der Waals surface area contributed by atoms with Crippen LogP contribution in [-0.2, 0) is 10.0 Å². The molecular formula is C22H15N3O4S. The summed E-state index contributed by atoms with van der Waals surface area (Å²) in [6.45, 7) is 0. The lowest BCUT2D eigenvalue weighted by atomic mass is 10.1. The van der Waals surface area contributed by atoms with Crippen molar-refractivity contribution in [3.63, 3.8) is 0 Å². The minimum Gasteiger partial charge on any atom is -0.506 e. The molecule has 1 aliphatic heterocycles. The van der Waals surface area contributed by atoms with Crippen molar-refractivity contribution in [1.29, 1.82) is 0 Å². The van der Waals surface area contributed by atoms with E-state index < -0.39 is 15.6 Å². The molecule has 2 N–H and O–H groups in total. The summed E-state index contributed by atoms with van der Waals surface area (Å²) in [7, 11) is -3.94. The number of aromatic nitrogens is 1. The summed E-state index contributed by atoms with van der Waals surface area (Å²) in [4.78, 5) is 17.9. The van der Waals surface area contributed by atoms with Crippen LogP contribution in [-0.4, -0.2) is 23.9 Å². The van der Waals surface area contributed by atoms with Gasteiger partial charge >= 0.3 is 0 Å². The van der Waals surface area contributed by atoms with E-state index in [2.05, 4.69) is 9.71 Å². The lowest BCUT2D eigenvalue weighted by Gasteiger charge is -2.20. The number of amidine groups is 1. The van der Waals surface area contributed by atoms with Crippen molar-refractivity contribution < 1.29 is 13.5 Å². The van der Waals surface area contributed by atoms with Gasteiger partial charge in [-0.1, -0.05) is 42.5 Å². The Morgan fingerprint density at radius 3 is 2.33 bits per heavy atom. The summed E-state index contributed by atoms with van der Waals surface area (Å²) in [5, 5.41) is 11.3. The van der Waals surface area contributed by atoms with E-state index in [4.69, 9.17) is 0 Å². The Hall–Kier alpha value is -3.91. The molecule has 0 spiro atoms. The number of nitrogens with one attached hydrogen (secondary N) is 1. The van der Waals surface area contributed by atoms with E-state index in [1.807, 2.05) is 6.07 Å². The first-order valence-electron chi connectivity index (χ1n) is 9.10. The first kappa shape index (κ1) is 18.1. The van der Waals surface area contributed by atoms with Crippen LogP contribution >= 0.6 is 0 Å². The van der Waals surface area contributed by atoms with Gasteiger partial charge in [0.25, 0.3) is 15.6 Å². The van der Waals surface area contributed by atoms with Gasteiger partial charge in [-0.3, -0.25) is 14.1 Å². The summed E-state index contributed by atoms with van der Waals surface area (Å²) in [5.41, 5.74) is 0.479. The molecule has 0 unspecified atom stereocenters. The van der Waals surface area contributed by atoms with E-state index >= 15 is 0 Å². The summed E-state index contributed by atoms with van der Waals surface area (Å²) in [6, 6.07) is 22.0. The van der Waals surface area contributed by atoms with Crippen LogP contribution in [0.3, 0.4) is 0 Å². The molecule has 0 bridgehead atoms. The minimum atomic E-state index is -3.94. The molecule has 0 radical (unpaired) electrons. The fraction of sp³-hybridized carbons (Fsp3) is 0. The molecule has 148 valence electrons. The van der Waals surface area contributed by atoms with Crippen molar-refractivity contribution in [2.24, 2.45) is 4.99 Å². The maximum Gasteiger partial charge on any atom is 0.270 e. The van der Waals surface area contributed by atoms with Crippen LogP contribution in [0.2, 0.25) is 0 Å². The van der Waals surface area contributed by atoms with Crippen molar-refractivity contribution in [1.82, 2.24) is 9.29 Å². The second kappa shape index (κ2) is 6.57.